The van der Waals surface area contributed by atoms with Crippen LogP contribution < -0.4 is 11.1 Å². The number of rotatable bonds is 5. The molecular formula is C15H20N4. The number of nitrogens with zero attached hydrogens (tertiary/aromatic N) is 2. The number of nitrogens with two attached hydrogens (primary N) is 1. The van der Waals surface area contributed by atoms with Gasteiger partial charge in [0.2, 0.25) is 0 Å². The summed E-state index contributed by atoms with van der Waals surface area (Å²) < 4.78 is 0. The molecule has 1 aromatic carbocycles. The highest BCUT2D eigenvalue weighted by atomic mass is 15.0. The third-order valence-corrected chi connectivity index (χ3v) is 3.01. The SMILES string of the molecule is Cc1ncc(NCCCN)c(-c2ccccc2C)n1. The van der Waals surface area contributed by atoms with Crippen molar-refractivity contribution in [2.45, 2.75) is 20.3 Å². The molecule has 0 amide bonds. The molecule has 0 bridgehead atoms. The Morgan fingerprint density at radius 2 is 2.00 bits per heavy atom. The fourth-order valence-corrected chi connectivity index (χ4v) is 1.97. The molecule has 0 radical (unpaired) electrons. The van der Waals surface area contributed by atoms with Crippen molar-refractivity contribution >= 4 is 5.69 Å². The lowest BCUT2D eigenvalue weighted by atomic mass is 10.0. The predicted molar refractivity (Wildman–Crippen MR) is 79.1 cm³/mol. The molecule has 0 saturated heterocycles. The van der Waals surface area contributed by atoms with Gasteiger partial charge in [0.15, 0.2) is 0 Å². The fourth-order valence-electron chi connectivity index (χ4n) is 1.97. The Balaban J connectivity index is 2.37. The number of aryl methyl sites for hydroxylation is 2. The van der Waals surface area contributed by atoms with E-state index in [1.807, 2.05) is 25.3 Å². The van der Waals surface area contributed by atoms with E-state index in [0.717, 1.165) is 35.7 Å². The Hall–Kier alpha value is -1.94. The molecule has 0 atom stereocenters. The number of benzene rings is 1. The molecule has 2 aromatic rings. The van der Waals surface area contributed by atoms with Crippen molar-refractivity contribution in [1.29, 1.82) is 0 Å². The lowest BCUT2D eigenvalue weighted by Gasteiger charge is -2.13. The highest BCUT2D eigenvalue weighted by Gasteiger charge is 2.09. The van der Waals surface area contributed by atoms with Crippen molar-refractivity contribution in [2.75, 3.05) is 18.4 Å². The molecule has 3 N–H and O–H groups in total. The van der Waals surface area contributed by atoms with Crippen LogP contribution in [0.2, 0.25) is 0 Å². The monoisotopic (exact) mass is 256 g/mol. The predicted octanol–water partition coefficient (Wildman–Crippen LogP) is 2.52. The normalized spacial score (nSPS) is 10.5. The molecule has 0 saturated carbocycles. The molecule has 0 aliphatic carbocycles. The third-order valence-electron chi connectivity index (χ3n) is 3.01. The minimum absolute atomic E-state index is 0.680. The van der Waals surface area contributed by atoms with Crippen LogP contribution in [-0.2, 0) is 0 Å². The summed E-state index contributed by atoms with van der Waals surface area (Å²) in [6.45, 7) is 5.52. The van der Waals surface area contributed by atoms with Crippen LogP contribution in [0.25, 0.3) is 11.3 Å². The first-order valence-corrected chi connectivity index (χ1v) is 6.56. The zero-order chi connectivity index (χ0) is 13.7. The molecule has 2 rings (SSSR count). The molecule has 4 heteroatoms. The van der Waals surface area contributed by atoms with Crippen molar-refractivity contribution in [3.05, 3.63) is 41.9 Å². The standard InChI is InChI=1S/C15H20N4/c1-11-6-3-4-7-13(11)15-14(17-9-5-8-16)10-18-12(2)19-15/h3-4,6-7,10,17H,5,8-9,16H2,1-2H3. The minimum atomic E-state index is 0.680. The maximum atomic E-state index is 5.52. The Labute approximate surface area is 114 Å². The van der Waals surface area contributed by atoms with E-state index in [9.17, 15) is 0 Å². The Kier molecular flexibility index (Phi) is 4.47. The topological polar surface area (TPSA) is 63.8 Å². The van der Waals surface area contributed by atoms with Gasteiger partial charge in [-0.3, -0.25) is 0 Å². The molecule has 0 spiro atoms. The van der Waals surface area contributed by atoms with Crippen LogP contribution in [0, 0.1) is 13.8 Å². The largest absolute Gasteiger partial charge is 0.382 e. The summed E-state index contributed by atoms with van der Waals surface area (Å²) in [6, 6.07) is 8.25. The molecule has 0 aliphatic heterocycles. The molecular weight excluding hydrogens is 236 g/mol. The number of hydrogen-bond acceptors (Lipinski definition) is 4. The van der Waals surface area contributed by atoms with Crippen molar-refractivity contribution in [2.24, 2.45) is 5.73 Å². The van der Waals surface area contributed by atoms with E-state index in [2.05, 4.69) is 34.3 Å². The van der Waals surface area contributed by atoms with Crippen molar-refractivity contribution in [1.82, 2.24) is 9.97 Å². The Bertz CT molecular complexity index is 552. The van der Waals surface area contributed by atoms with Crippen LogP contribution in [0.3, 0.4) is 0 Å². The molecule has 0 aliphatic rings. The number of hydrogen-bond donors (Lipinski definition) is 2. The van der Waals surface area contributed by atoms with Gasteiger partial charge in [-0.15, -0.1) is 0 Å². The second-order valence-corrected chi connectivity index (χ2v) is 4.56. The van der Waals surface area contributed by atoms with E-state index in [1.165, 1.54) is 5.56 Å². The number of nitrogens with one attached hydrogen (secondary N) is 1. The molecule has 0 unspecified atom stereocenters. The summed E-state index contributed by atoms with van der Waals surface area (Å²) in [6.07, 6.45) is 2.78. The van der Waals surface area contributed by atoms with Crippen molar-refractivity contribution in [3.8, 4) is 11.3 Å². The highest BCUT2D eigenvalue weighted by molar-refractivity contribution is 5.75. The van der Waals surface area contributed by atoms with Gasteiger partial charge in [-0.05, 0) is 32.4 Å². The minimum Gasteiger partial charge on any atom is -0.382 e. The lowest BCUT2D eigenvalue weighted by Crippen LogP contribution is -2.10. The van der Waals surface area contributed by atoms with E-state index in [0.29, 0.717) is 6.54 Å². The Morgan fingerprint density at radius 1 is 1.21 bits per heavy atom. The third kappa shape index (κ3) is 3.29. The number of anilines is 1. The van der Waals surface area contributed by atoms with Gasteiger partial charge in [0.1, 0.15) is 5.82 Å². The molecule has 100 valence electrons. The zero-order valence-corrected chi connectivity index (χ0v) is 11.5. The van der Waals surface area contributed by atoms with Crippen LogP contribution in [0.4, 0.5) is 5.69 Å². The highest BCUT2D eigenvalue weighted by Crippen LogP contribution is 2.27. The summed E-state index contributed by atoms with van der Waals surface area (Å²) >= 11 is 0. The van der Waals surface area contributed by atoms with E-state index in [1.54, 1.807) is 0 Å². The summed E-state index contributed by atoms with van der Waals surface area (Å²) in [5.74, 6) is 0.780. The maximum absolute atomic E-state index is 5.52. The molecule has 4 nitrogen and oxygen atoms in total. The second-order valence-electron chi connectivity index (χ2n) is 4.56. The van der Waals surface area contributed by atoms with Crippen molar-refractivity contribution < 1.29 is 0 Å². The van der Waals surface area contributed by atoms with Crippen LogP contribution >= 0.6 is 0 Å². The van der Waals surface area contributed by atoms with Gasteiger partial charge < -0.3 is 11.1 Å². The van der Waals surface area contributed by atoms with Gasteiger partial charge in [0.25, 0.3) is 0 Å². The van der Waals surface area contributed by atoms with E-state index < -0.39 is 0 Å². The average Bonchev–Trinajstić information content (AvgIpc) is 2.41. The zero-order valence-electron chi connectivity index (χ0n) is 11.5. The van der Waals surface area contributed by atoms with Gasteiger partial charge in [-0.1, -0.05) is 24.3 Å². The van der Waals surface area contributed by atoms with Crippen LogP contribution in [-0.4, -0.2) is 23.1 Å². The smallest absolute Gasteiger partial charge is 0.126 e. The molecule has 1 aromatic heterocycles. The van der Waals surface area contributed by atoms with E-state index in [-0.39, 0.29) is 0 Å². The first-order chi connectivity index (χ1) is 9.22. The van der Waals surface area contributed by atoms with E-state index in [4.69, 9.17) is 5.73 Å². The quantitative estimate of drug-likeness (QED) is 0.807. The summed E-state index contributed by atoms with van der Waals surface area (Å²) in [4.78, 5) is 8.85. The van der Waals surface area contributed by atoms with Gasteiger partial charge in [0.05, 0.1) is 17.6 Å². The number of aromatic nitrogens is 2. The molecule has 0 fully saturated rings. The maximum Gasteiger partial charge on any atom is 0.126 e. The van der Waals surface area contributed by atoms with Crippen LogP contribution in [0.15, 0.2) is 30.5 Å². The van der Waals surface area contributed by atoms with Gasteiger partial charge in [-0.25, -0.2) is 9.97 Å². The fraction of sp³-hybridized carbons (Fsp3) is 0.333. The Morgan fingerprint density at radius 3 is 2.74 bits per heavy atom. The van der Waals surface area contributed by atoms with E-state index >= 15 is 0 Å². The van der Waals surface area contributed by atoms with Gasteiger partial charge >= 0.3 is 0 Å². The first kappa shape index (κ1) is 13.5. The molecule has 1 heterocycles. The summed E-state index contributed by atoms with van der Waals surface area (Å²) in [5.41, 5.74) is 9.80. The van der Waals surface area contributed by atoms with Crippen LogP contribution in [0.1, 0.15) is 17.8 Å². The van der Waals surface area contributed by atoms with Gasteiger partial charge in [-0.2, -0.15) is 0 Å². The summed E-state index contributed by atoms with van der Waals surface area (Å²) in [5, 5.41) is 3.36. The van der Waals surface area contributed by atoms with Crippen LogP contribution in [0.5, 0.6) is 0 Å². The first-order valence-electron chi connectivity index (χ1n) is 6.56. The van der Waals surface area contributed by atoms with Crippen molar-refractivity contribution in [3.63, 3.8) is 0 Å². The average molecular weight is 256 g/mol. The second kappa shape index (κ2) is 6.29. The molecule has 19 heavy (non-hydrogen) atoms. The lowest BCUT2D eigenvalue weighted by molar-refractivity contribution is 0.872. The summed E-state index contributed by atoms with van der Waals surface area (Å²) in [7, 11) is 0. The van der Waals surface area contributed by atoms with Gasteiger partial charge in [0, 0.05) is 12.1 Å².